The zero-order chi connectivity index (χ0) is 14.0. The molecule has 0 radical (unpaired) electrons. The number of benzene rings is 1. The summed E-state index contributed by atoms with van der Waals surface area (Å²) in [6.45, 7) is 6.07. The van der Waals surface area contributed by atoms with Crippen molar-refractivity contribution < 1.29 is 9.13 Å². The highest BCUT2D eigenvalue weighted by Gasteiger charge is 2.19. The van der Waals surface area contributed by atoms with E-state index in [1.54, 1.807) is 18.2 Å². The van der Waals surface area contributed by atoms with Gasteiger partial charge >= 0.3 is 0 Å². The zero-order valence-corrected chi connectivity index (χ0v) is 12.5. The topological polar surface area (TPSA) is 35.0 Å². The van der Waals surface area contributed by atoms with Gasteiger partial charge in [-0.2, -0.15) is 4.98 Å². The summed E-state index contributed by atoms with van der Waals surface area (Å²) < 4.78 is 19.1. The molecule has 0 saturated heterocycles. The van der Waals surface area contributed by atoms with Gasteiger partial charge < -0.3 is 4.74 Å². The maximum absolute atomic E-state index is 12.8. The molecule has 0 fully saturated rings. The number of aromatic nitrogens is 2. The summed E-state index contributed by atoms with van der Waals surface area (Å²) >= 11 is 3.34. The minimum atomic E-state index is -0.299. The quantitative estimate of drug-likeness (QED) is 0.764. The smallest absolute Gasteiger partial charge is 0.223 e. The van der Waals surface area contributed by atoms with Crippen molar-refractivity contribution in [2.45, 2.75) is 26.2 Å². The Kier molecular flexibility index (Phi) is 3.85. The zero-order valence-electron chi connectivity index (χ0n) is 10.9. The van der Waals surface area contributed by atoms with Gasteiger partial charge in [0.1, 0.15) is 22.0 Å². The number of nitrogens with zero attached hydrogens (tertiary/aromatic N) is 2. The van der Waals surface area contributed by atoms with Gasteiger partial charge in [0.15, 0.2) is 0 Å². The van der Waals surface area contributed by atoms with E-state index in [1.807, 2.05) is 20.8 Å². The first kappa shape index (κ1) is 13.9. The van der Waals surface area contributed by atoms with Crippen LogP contribution in [0.5, 0.6) is 11.6 Å². The second-order valence-electron chi connectivity index (χ2n) is 5.16. The van der Waals surface area contributed by atoms with Crippen molar-refractivity contribution in [1.29, 1.82) is 0 Å². The van der Waals surface area contributed by atoms with E-state index in [2.05, 4.69) is 25.9 Å². The summed E-state index contributed by atoms with van der Waals surface area (Å²) in [5.74, 6) is 1.34. The van der Waals surface area contributed by atoms with E-state index >= 15 is 0 Å². The van der Waals surface area contributed by atoms with Crippen LogP contribution in [-0.2, 0) is 5.41 Å². The first-order valence-corrected chi connectivity index (χ1v) is 6.62. The van der Waals surface area contributed by atoms with Crippen LogP contribution < -0.4 is 4.74 Å². The Labute approximate surface area is 120 Å². The second-order valence-corrected chi connectivity index (χ2v) is 5.97. The SMILES string of the molecule is CC(C)(C)c1nc(Br)cc(Oc2ccc(F)cc2)n1. The van der Waals surface area contributed by atoms with Crippen molar-refractivity contribution in [3.05, 3.63) is 46.6 Å². The Morgan fingerprint density at radius 1 is 1.11 bits per heavy atom. The molecule has 2 aromatic rings. The number of halogens is 2. The molecule has 0 unspecified atom stereocenters. The van der Waals surface area contributed by atoms with Gasteiger partial charge in [0.2, 0.25) is 5.88 Å². The van der Waals surface area contributed by atoms with Crippen molar-refractivity contribution in [3.8, 4) is 11.6 Å². The van der Waals surface area contributed by atoms with Gasteiger partial charge in [-0.05, 0) is 40.2 Å². The van der Waals surface area contributed by atoms with E-state index in [0.717, 1.165) is 0 Å². The Morgan fingerprint density at radius 3 is 2.32 bits per heavy atom. The molecule has 0 bridgehead atoms. The van der Waals surface area contributed by atoms with E-state index in [0.29, 0.717) is 22.1 Å². The van der Waals surface area contributed by atoms with Crippen molar-refractivity contribution >= 4 is 15.9 Å². The molecule has 0 aliphatic heterocycles. The molecule has 0 saturated carbocycles. The van der Waals surface area contributed by atoms with Crippen LogP contribution in [0.25, 0.3) is 0 Å². The standard InChI is InChI=1S/C14H14BrFN2O/c1-14(2,3)13-17-11(15)8-12(18-13)19-10-6-4-9(16)5-7-10/h4-8H,1-3H3. The van der Waals surface area contributed by atoms with Crippen molar-refractivity contribution in [2.24, 2.45) is 0 Å². The van der Waals surface area contributed by atoms with Gasteiger partial charge in [0, 0.05) is 11.5 Å². The van der Waals surface area contributed by atoms with Crippen LogP contribution in [0, 0.1) is 5.82 Å². The summed E-state index contributed by atoms with van der Waals surface area (Å²) in [6, 6.07) is 7.48. The van der Waals surface area contributed by atoms with E-state index in [-0.39, 0.29) is 11.2 Å². The van der Waals surface area contributed by atoms with Crippen LogP contribution in [0.3, 0.4) is 0 Å². The van der Waals surface area contributed by atoms with Crippen molar-refractivity contribution in [2.75, 3.05) is 0 Å². The molecular formula is C14H14BrFN2O. The number of ether oxygens (including phenoxy) is 1. The molecule has 1 aromatic carbocycles. The minimum Gasteiger partial charge on any atom is -0.439 e. The number of hydrogen-bond donors (Lipinski definition) is 0. The summed E-state index contributed by atoms with van der Waals surface area (Å²) in [5, 5.41) is 0. The molecule has 19 heavy (non-hydrogen) atoms. The molecule has 1 heterocycles. The average molecular weight is 325 g/mol. The lowest BCUT2D eigenvalue weighted by atomic mass is 9.96. The van der Waals surface area contributed by atoms with Crippen LogP contribution in [0.15, 0.2) is 34.9 Å². The molecule has 0 amide bonds. The average Bonchev–Trinajstić information content (AvgIpc) is 2.30. The molecule has 100 valence electrons. The van der Waals surface area contributed by atoms with Gasteiger partial charge in [-0.25, -0.2) is 9.37 Å². The lowest BCUT2D eigenvalue weighted by Crippen LogP contribution is -2.16. The lowest BCUT2D eigenvalue weighted by molar-refractivity contribution is 0.443. The molecule has 3 nitrogen and oxygen atoms in total. The monoisotopic (exact) mass is 324 g/mol. The predicted octanol–water partition coefficient (Wildman–Crippen LogP) is 4.47. The van der Waals surface area contributed by atoms with Crippen LogP contribution >= 0.6 is 15.9 Å². The predicted molar refractivity (Wildman–Crippen MR) is 74.9 cm³/mol. The maximum atomic E-state index is 12.8. The van der Waals surface area contributed by atoms with E-state index in [9.17, 15) is 4.39 Å². The van der Waals surface area contributed by atoms with Gasteiger partial charge in [-0.3, -0.25) is 0 Å². The van der Waals surface area contributed by atoms with E-state index < -0.39 is 0 Å². The summed E-state index contributed by atoms with van der Waals surface area (Å²) in [4.78, 5) is 8.69. The fourth-order valence-corrected chi connectivity index (χ4v) is 1.77. The first-order valence-electron chi connectivity index (χ1n) is 5.83. The normalized spacial score (nSPS) is 11.4. The Morgan fingerprint density at radius 2 is 1.74 bits per heavy atom. The molecule has 0 N–H and O–H groups in total. The molecule has 0 aliphatic rings. The maximum Gasteiger partial charge on any atom is 0.223 e. The fourth-order valence-electron chi connectivity index (χ4n) is 1.41. The van der Waals surface area contributed by atoms with E-state index in [1.165, 1.54) is 12.1 Å². The third-order valence-electron chi connectivity index (χ3n) is 2.38. The molecule has 5 heteroatoms. The second kappa shape index (κ2) is 5.25. The van der Waals surface area contributed by atoms with Crippen LogP contribution in [0.4, 0.5) is 4.39 Å². The summed E-state index contributed by atoms with van der Waals surface area (Å²) in [7, 11) is 0. The Bertz CT molecular complexity index is 579. The van der Waals surface area contributed by atoms with Gasteiger partial charge in [-0.15, -0.1) is 0 Å². The highest BCUT2D eigenvalue weighted by molar-refractivity contribution is 9.10. The van der Waals surface area contributed by atoms with Crippen LogP contribution in [-0.4, -0.2) is 9.97 Å². The highest BCUT2D eigenvalue weighted by Crippen LogP contribution is 2.26. The molecule has 0 spiro atoms. The molecule has 2 rings (SSSR count). The summed E-state index contributed by atoms with van der Waals surface area (Å²) in [5.41, 5.74) is -0.176. The number of hydrogen-bond acceptors (Lipinski definition) is 3. The molecule has 0 atom stereocenters. The van der Waals surface area contributed by atoms with Gasteiger partial charge in [0.25, 0.3) is 0 Å². The number of rotatable bonds is 2. The van der Waals surface area contributed by atoms with E-state index in [4.69, 9.17) is 4.74 Å². The van der Waals surface area contributed by atoms with Gasteiger partial charge in [0.05, 0.1) is 0 Å². The first-order chi connectivity index (χ1) is 8.84. The Hall–Kier alpha value is -1.49. The van der Waals surface area contributed by atoms with Crippen molar-refractivity contribution in [3.63, 3.8) is 0 Å². The highest BCUT2D eigenvalue weighted by atomic mass is 79.9. The fraction of sp³-hybridized carbons (Fsp3) is 0.286. The molecular weight excluding hydrogens is 311 g/mol. The molecule has 0 aliphatic carbocycles. The third-order valence-corrected chi connectivity index (χ3v) is 2.78. The van der Waals surface area contributed by atoms with Crippen molar-refractivity contribution in [1.82, 2.24) is 9.97 Å². The largest absolute Gasteiger partial charge is 0.439 e. The van der Waals surface area contributed by atoms with Crippen LogP contribution in [0.2, 0.25) is 0 Å². The summed E-state index contributed by atoms with van der Waals surface area (Å²) in [6.07, 6.45) is 0. The lowest BCUT2D eigenvalue weighted by Gasteiger charge is -2.17. The minimum absolute atomic E-state index is 0.176. The van der Waals surface area contributed by atoms with Gasteiger partial charge in [-0.1, -0.05) is 20.8 Å². The molecule has 1 aromatic heterocycles. The van der Waals surface area contributed by atoms with Crippen LogP contribution in [0.1, 0.15) is 26.6 Å². The Balaban J connectivity index is 2.30. The third kappa shape index (κ3) is 3.73.